The minimum absolute atomic E-state index is 0.0694. The number of hydrogen-bond acceptors (Lipinski definition) is 5. The van der Waals surface area contributed by atoms with Gasteiger partial charge in [0, 0.05) is 43.0 Å². The number of carbonyl (C=O) groups excluding carboxylic acids is 1. The summed E-state index contributed by atoms with van der Waals surface area (Å²) >= 11 is 0. The number of aromatic nitrogens is 3. The summed E-state index contributed by atoms with van der Waals surface area (Å²) in [5.41, 5.74) is 11.7. The molecule has 4 N–H and O–H groups in total. The normalized spacial score (nSPS) is 12.8. The number of nitrogens with one attached hydrogen (secondary N) is 2. The molecule has 0 bridgehead atoms. The molecule has 2 aromatic carbocycles. The molecule has 2 aromatic heterocycles. The van der Waals surface area contributed by atoms with Crippen LogP contribution in [0.2, 0.25) is 0 Å². The summed E-state index contributed by atoms with van der Waals surface area (Å²) in [6.45, 7) is 6.74. The number of aryl methyl sites for hydroxylation is 1. The van der Waals surface area contributed by atoms with Gasteiger partial charge in [-0.25, -0.2) is 4.98 Å². The van der Waals surface area contributed by atoms with Gasteiger partial charge in [-0.1, -0.05) is 76.4 Å². The number of hydrogen-bond donors (Lipinski definition) is 3. The van der Waals surface area contributed by atoms with E-state index in [0.717, 1.165) is 46.7 Å². The Morgan fingerprint density at radius 3 is 2.21 bits per heavy atom. The van der Waals surface area contributed by atoms with E-state index in [2.05, 4.69) is 33.7 Å². The van der Waals surface area contributed by atoms with E-state index in [1.165, 1.54) is 25.7 Å². The Bertz CT molecular complexity index is 1260. The van der Waals surface area contributed by atoms with Crippen LogP contribution in [-0.2, 0) is 13.0 Å². The Labute approximate surface area is 226 Å². The van der Waals surface area contributed by atoms with Crippen molar-refractivity contribution < 1.29 is 4.79 Å². The monoisotopic (exact) mass is 514 g/mol. The molecule has 202 valence electrons. The van der Waals surface area contributed by atoms with Crippen LogP contribution in [0.5, 0.6) is 0 Å². The Morgan fingerprint density at radius 1 is 1.00 bits per heavy atom. The SMILES string of the molecule is CC.CCCc1cc(NC2CCCC2)n2nccc2n1.CNC(=O)c1ccc(-c2ccc(CN)cc2)cc1. The van der Waals surface area contributed by atoms with Crippen molar-refractivity contribution in [3.05, 3.63) is 83.7 Å². The highest BCUT2D eigenvalue weighted by Crippen LogP contribution is 2.23. The first-order chi connectivity index (χ1) is 18.6. The molecule has 38 heavy (non-hydrogen) atoms. The molecule has 0 aliphatic heterocycles. The van der Waals surface area contributed by atoms with Crippen LogP contribution >= 0.6 is 0 Å². The van der Waals surface area contributed by atoms with Crippen molar-refractivity contribution >= 4 is 17.4 Å². The Hall–Kier alpha value is -3.71. The van der Waals surface area contributed by atoms with Crippen molar-refractivity contribution in [2.75, 3.05) is 12.4 Å². The van der Waals surface area contributed by atoms with Crippen LogP contribution in [0.25, 0.3) is 16.8 Å². The molecular formula is C31H42N6O. The highest BCUT2D eigenvalue weighted by atomic mass is 16.1. The molecule has 1 amide bonds. The van der Waals surface area contributed by atoms with E-state index < -0.39 is 0 Å². The highest BCUT2D eigenvalue weighted by Gasteiger charge is 2.16. The number of amides is 1. The number of nitrogens with zero attached hydrogens (tertiary/aromatic N) is 3. The van der Waals surface area contributed by atoms with Crippen LogP contribution in [0, 0.1) is 0 Å². The second kappa shape index (κ2) is 14.9. The van der Waals surface area contributed by atoms with Crippen LogP contribution in [-0.4, -0.2) is 33.6 Å². The maximum Gasteiger partial charge on any atom is 0.251 e. The van der Waals surface area contributed by atoms with Gasteiger partial charge in [0.05, 0.1) is 6.20 Å². The minimum atomic E-state index is -0.0694. The summed E-state index contributed by atoms with van der Waals surface area (Å²) in [6, 6.07) is 20.4. The van der Waals surface area contributed by atoms with Gasteiger partial charge in [0.2, 0.25) is 0 Å². The maximum absolute atomic E-state index is 11.4. The number of fused-ring (bicyclic) bond motifs is 1. The van der Waals surface area contributed by atoms with Gasteiger partial charge in [-0.15, -0.1) is 0 Å². The Kier molecular flexibility index (Phi) is 11.3. The van der Waals surface area contributed by atoms with E-state index in [1.807, 2.05) is 79.2 Å². The van der Waals surface area contributed by atoms with Crippen LogP contribution in [0.4, 0.5) is 5.82 Å². The zero-order valence-electron chi connectivity index (χ0n) is 23.2. The lowest BCUT2D eigenvalue weighted by atomic mass is 10.0. The molecule has 1 fully saturated rings. The summed E-state index contributed by atoms with van der Waals surface area (Å²) < 4.78 is 1.91. The molecule has 1 aliphatic carbocycles. The molecule has 2 heterocycles. The van der Waals surface area contributed by atoms with Gasteiger partial charge in [0.1, 0.15) is 5.82 Å². The summed E-state index contributed by atoms with van der Waals surface area (Å²) in [5.74, 6) is 1.03. The van der Waals surface area contributed by atoms with Gasteiger partial charge in [0.25, 0.3) is 5.91 Å². The smallest absolute Gasteiger partial charge is 0.251 e. The summed E-state index contributed by atoms with van der Waals surface area (Å²) in [5, 5.41) is 10.6. The first-order valence-electron chi connectivity index (χ1n) is 13.8. The predicted octanol–water partition coefficient (Wildman–Crippen LogP) is 6.23. The van der Waals surface area contributed by atoms with Crippen molar-refractivity contribution in [2.24, 2.45) is 5.73 Å². The van der Waals surface area contributed by atoms with E-state index in [9.17, 15) is 4.79 Å². The van der Waals surface area contributed by atoms with Crippen LogP contribution in [0.1, 0.15) is 74.5 Å². The molecule has 0 saturated heterocycles. The average Bonchev–Trinajstić information content (AvgIpc) is 3.67. The van der Waals surface area contributed by atoms with Crippen molar-refractivity contribution in [3.8, 4) is 11.1 Å². The Balaban J connectivity index is 0.000000198. The number of anilines is 1. The second-order valence-corrected chi connectivity index (χ2v) is 9.17. The first-order valence-corrected chi connectivity index (χ1v) is 13.8. The van der Waals surface area contributed by atoms with Crippen LogP contribution in [0.3, 0.4) is 0 Å². The fraction of sp³-hybridized carbons (Fsp3) is 0.387. The standard InChI is InChI=1S/C15H16N2O.C14H20N4.C2H6/c1-17-15(18)14-8-6-13(7-9-14)12-4-2-11(10-16)3-5-12;1-2-5-12-10-14(16-11-6-3-4-7-11)18-13(17-12)8-9-15-18;1-2/h2-9H,10,16H2,1H3,(H,17,18);8-11,16H,2-7H2,1H3;1-2H3. The lowest BCUT2D eigenvalue weighted by Crippen LogP contribution is -2.17. The molecule has 0 unspecified atom stereocenters. The molecule has 5 rings (SSSR count). The lowest BCUT2D eigenvalue weighted by Gasteiger charge is -2.15. The second-order valence-electron chi connectivity index (χ2n) is 9.17. The molecule has 7 nitrogen and oxygen atoms in total. The largest absolute Gasteiger partial charge is 0.367 e. The van der Waals surface area contributed by atoms with Crippen LogP contribution < -0.4 is 16.4 Å². The summed E-state index contributed by atoms with van der Waals surface area (Å²) in [4.78, 5) is 16.0. The van der Waals surface area contributed by atoms with Crippen molar-refractivity contribution in [3.63, 3.8) is 0 Å². The van der Waals surface area contributed by atoms with Crippen molar-refractivity contribution in [1.29, 1.82) is 0 Å². The van der Waals surface area contributed by atoms with E-state index in [0.29, 0.717) is 18.2 Å². The van der Waals surface area contributed by atoms with Gasteiger partial charge >= 0.3 is 0 Å². The van der Waals surface area contributed by atoms with E-state index in [4.69, 9.17) is 5.73 Å². The molecule has 4 aromatic rings. The molecule has 0 spiro atoms. The molecule has 7 heteroatoms. The number of carbonyl (C=O) groups is 1. The topological polar surface area (TPSA) is 97.3 Å². The average molecular weight is 515 g/mol. The molecule has 0 radical (unpaired) electrons. The zero-order valence-corrected chi connectivity index (χ0v) is 23.2. The maximum atomic E-state index is 11.4. The van der Waals surface area contributed by atoms with Gasteiger partial charge in [0.15, 0.2) is 5.65 Å². The predicted molar refractivity (Wildman–Crippen MR) is 157 cm³/mol. The fourth-order valence-corrected chi connectivity index (χ4v) is 4.52. The van der Waals surface area contributed by atoms with Gasteiger partial charge in [-0.2, -0.15) is 9.61 Å². The van der Waals surface area contributed by atoms with E-state index >= 15 is 0 Å². The molecule has 1 aliphatic rings. The van der Waals surface area contributed by atoms with Gasteiger partial charge in [-0.3, -0.25) is 4.79 Å². The third-order valence-corrected chi connectivity index (χ3v) is 6.52. The van der Waals surface area contributed by atoms with Gasteiger partial charge < -0.3 is 16.4 Å². The third kappa shape index (κ3) is 7.65. The summed E-state index contributed by atoms with van der Waals surface area (Å²) in [6.07, 6.45) is 9.20. The first kappa shape index (κ1) is 28.9. The number of nitrogens with two attached hydrogens (primary N) is 1. The van der Waals surface area contributed by atoms with Gasteiger partial charge in [-0.05, 0) is 48.1 Å². The summed E-state index contributed by atoms with van der Waals surface area (Å²) in [7, 11) is 1.63. The highest BCUT2D eigenvalue weighted by molar-refractivity contribution is 5.94. The number of rotatable bonds is 7. The third-order valence-electron chi connectivity index (χ3n) is 6.52. The van der Waals surface area contributed by atoms with Crippen molar-refractivity contribution in [1.82, 2.24) is 19.9 Å². The van der Waals surface area contributed by atoms with Crippen LogP contribution in [0.15, 0.2) is 66.9 Å². The quantitative estimate of drug-likeness (QED) is 0.271. The Morgan fingerprint density at radius 2 is 1.63 bits per heavy atom. The number of benzene rings is 2. The molecule has 0 atom stereocenters. The zero-order chi connectivity index (χ0) is 27.3. The van der Waals surface area contributed by atoms with Crippen molar-refractivity contribution in [2.45, 2.75) is 71.9 Å². The van der Waals surface area contributed by atoms with E-state index in [1.54, 1.807) is 7.05 Å². The van der Waals surface area contributed by atoms with E-state index in [-0.39, 0.29) is 5.91 Å². The molecular weight excluding hydrogens is 472 g/mol. The minimum Gasteiger partial charge on any atom is -0.367 e. The lowest BCUT2D eigenvalue weighted by molar-refractivity contribution is 0.0963. The molecule has 1 saturated carbocycles. The fourth-order valence-electron chi connectivity index (χ4n) is 4.52.